The molecule has 194 valence electrons. The average Bonchev–Trinajstić information content (AvgIpc) is 2.94. The van der Waals surface area contributed by atoms with Crippen LogP contribution in [0.4, 0.5) is 5.69 Å². The summed E-state index contributed by atoms with van der Waals surface area (Å²) in [7, 11) is -4.02. The van der Waals surface area contributed by atoms with Gasteiger partial charge in [-0.05, 0) is 73.2 Å². The minimum absolute atomic E-state index is 0.0698. The number of anilines is 1. The van der Waals surface area contributed by atoms with E-state index in [2.05, 4.69) is 10.5 Å². The summed E-state index contributed by atoms with van der Waals surface area (Å²) in [6.07, 6.45) is 1.46. The zero-order valence-corrected chi connectivity index (χ0v) is 21.5. The zero-order valence-electron chi connectivity index (χ0n) is 20.7. The molecule has 0 heterocycles. The number of rotatable bonds is 11. The van der Waals surface area contributed by atoms with Crippen molar-refractivity contribution in [1.29, 1.82) is 0 Å². The SMILES string of the molecule is CCOc1ccc(N(CC(=O)N/N=C/c2cccc(Oc3ccccc3)c2)S(=O)(=O)c2ccccc2)cc1. The number of hydrogen-bond acceptors (Lipinski definition) is 6. The standard InChI is InChI=1S/C29H27N3O5S/c1-2-36-25-18-16-24(17-19-25)32(38(34,35)28-14-7-4-8-15-28)22-29(33)31-30-21-23-10-9-13-27(20-23)37-26-11-5-3-6-12-26/h3-21H,2,22H2,1H3,(H,31,33)/b30-21+. The Morgan fingerprint density at radius 3 is 2.18 bits per heavy atom. The molecular formula is C29H27N3O5S. The molecule has 4 aromatic carbocycles. The second-order valence-electron chi connectivity index (χ2n) is 8.03. The number of sulfonamides is 1. The summed E-state index contributed by atoms with van der Waals surface area (Å²) in [5.41, 5.74) is 3.43. The quantitative estimate of drug-likeness (QED) is 0.212. The molecule has 0 aromatic heterocycles. The van der Waals surface area contributed by atoms with E-state index in [4.69, 9.17) is 9.47 Å². The van der Waals surface area contributed by atoms with Crippen molar-refractivity contribution in [3.05, 3.63) is 115 Å². The molecule has 4 aromatic rings. The third kappa shape index (κ3) is 6.98. The summed E-state index contributed by atoms with van der Waals surface area (Å²) in [6.45, 7) is 1.87. The summed E-state index contributed by atoms with van der Waals surface area (Å²) < 4.78 is 39.2. The highest BCUT2D eigenvalue weighted by molar-refractivity contribution is 7.92. The summed E-state index contributed by atoms with van der Waals surface area (Å²) >= 11 is 0. The molecule has 0 fully saturated rings. The number of amides is 1. The Bertz CT molecular complexity index is 1480. The maximum Gasteiger partial charge on any atom is 0.264 e. The first kappa shape index (κ1) is 26.4. The second kappa shape index (κ2) is 12.6. The highest BCUT2D eigenvalue weighted by Gasteiger charge is 2.27. The number of carbonyl (C=O) groups is 1. The molecule has 0 saturated heterocycles. The van der Waals surface area contributed by atoms with Gasteiger partial charge in [0.25, 0.3) is 15.9 Å². The third-order valence-electron chi connectivity index (χ3n) is 5.29. The van der Waals surface area contributed by atoms with Crippen LogP contribution in [0.25, 0.3) is 0 Å². The van der Waals surface area contributed by atoms with Gasteiger partial charge < -0.3 is 9.47 Å². The number of nitrogens with zero attached hydrogens (tertiary/aromatic N) is 2. The summed E-state index contributed by atoms with van der Waals surface area (Å²) in [5, 5.41) is 4.01. The Kier molecular flexibility index (Phi) is 8.73. The predicted octanol–water partition coefficient (Wildman–Crippen LogP) is 5.22. The van der Waals surface area contributed by atoms with Gasteiger partial charge in [-0.25, -0.2) is 13.8 Å². The van der Waals surface area contributed by atoms with E-state index in [1.807, 2.05) is 49.4 Å². The molecule has 0 saturated carbocycles. The minimum Gasteiger partial charge on any atom is -0.494 e. The fraction of sp³-hybridized carbons (Fsp3) is 0.103. The van der Waals surface area contributed by atoms with Crippen LogP contribution in [0, 0.1) is 0 Å². The van der Waals surface area contributed by atoms with Gasteiger partial charge in [0, 0.05) is 0 Å². The van der Waals surface area contributed by atoms with Crippen LogP contribution in [0.15, 0.2) is 119 Å². The Hall–Kier alpha value is -4.63. The van der Waals surface area contributed by atoms with Gasteiger partial charge in [0.2, 0.25) is 0 Å². The lowest BCUT2D eigenvalue weighted by Gasteiger charge is -2.24. The Balaban J connectivity index is 1.48. The van der Waals surface area contributed by atoms with Gasteiger partial charge in [-0.1, -0.05) is 48.5 Å². The molecule has 0 aliphatic heterocycles. The van der Waals surface area contributed by atoms with Crippen molar-refractivity contribution in [3.8, 4) is 17.2 Å². The van der Waals surface area contributed by atoms with Gasteiger partial charge in [-0.3, -0.25) is 9.10 Å². The molecule has 0 spiro atoms. The van der Waals surface area contributed by atoms with E-state index in [-0.39, 0.29) is 4.90 Å². The number of ether oxygens (including phenoxy) is 2. The molecule has 1 amide bonds. The average molecular weight is 530 g/mol. The van der Waals surface area contributed by atoms with Crippen molar-refractivity contribution in [2.45, 2.75) is 11.8 Å². The lowest BCUT2D eigenvalue weighted by atomic mass is 10.2. The summed E-state index contributed by atoms with van der Waals surface area (Å²) in [6, 6.07) is 31.0. The number of hydrogen-bond donors (Lipinski definition) is 1. The maximum atomic E-state index is 13.4. The van der Waals surface area contributed by atoms with Crippen molar-refractivity contribution in [2.75, 3.05) is 17.5 Å². The van der Waals surface area contributed by atoms with E-state index in [1.165, 1.54) is 18.3 Å². The fourth-order valence-corrected chi connectivity index (χ4v) is 4.98. The van der Waals surface area contributed by atoms with E-state index >= 15 is 0 Å². The molecule has 0 atom stereocenters. The van der Waals surface area contributed by atoms with Crippen molar-refractivity contribution < 1.29 is 22.7 Å². The first-order valence-corrected chi connectivity index (χ1v) is 13.4. The Morgan fingerprint density at radius 1 is 0.842 bits per heavy atom. The van der Waals surface area contributed by atoms with Gasteiger partial charge in [-0.15, -0.1) is 0 Å². The van der Waals surface area contributed by atoms with Crippen LogP contribution in [0.1, 0.15) is 12.5 Å². The fourth-order valence-electron chi connectivity index (χ4n) is 3.54. The third-order valence-corrected chi connectivity index (χ3v) is 7.08. The van der Waals surface area contributed by atoms with E-state index in [1.54, 1.807) is 54.6 Å². The highest BCUT2D eigenvalue weighted by atomic mass is 32.2. The molecule has 0 aliphatic rings. The lowest BCUT2D eigenvalue weighted by Crippen LogP contribution is -2.39. The first-order chi connectivity index (χ1) is 18.5. The van der Waals surface area contributed by atoms with Crippen molar-refractivity contribution in [3.63, 3.8) is 0 Å². The smallest absolute Gasteiger partial charge is 0.264 e. The number of para-hydroxylation sites is 1. The van der Waals surface area contributed by atoms with Crippen LogP contribution in [0.3, 0.4) is 0 Å². The van der Waals surface area contributed by atoms with Crippen molar-refractivity contribution >= 4 is 27.8 Å². The number of carbonyl (C=O) groups excluding carboxylic acids is 1. The van der Waals surface area contributed by atoms with Crippen LogP contribution in [-0.2, 0) is 14.8 Å². The monoisotopic (exact) mass is 529 g/mol. The van der Waals surface area contributed by atoms with E-state index in [9.17, 15) is 13.2 Å². The molecular weight excluding hydrogens is 502 g/mol. The van der Waals surface area contributed by atoms with Crippen LogP contribution < -0.4 is 19.2 Å². The number of hydrazone groups is 1. The number of benzene rings is 4. The number of nitrogens with one attached hydrogen (secondary N) is 1. The lowest BCUT2D eigenvalue weighted by molar-refractivity contribution is -0.119. The normalized spacial score (nSPS) is 11.2. The molecule has 38 heavy (non-hydrogen) atoms. The van der Waals surface area contributed by atoms with Crippen LogP contribution in [-0.4, -0.2) is 33.7 Å². The Morgan fingerprint density at radius 2 is 1.50 bits per heavy atom. The first-order valence-electron chi connectivity index (χ1n) is 11.9. The molecule has 8 nitrogen and oxygen atoms in total. The molecule has 0 bridgehead atoms. The Labute approximate surface area is 222 Å². The van der Waals surface area contributed by atoms with E-state index in [0.29, 0.717) is 35.1 Å². The van der Waals surface area contributed by atoms with Crippen LogP contribution >= 0.6 is 0 Å². The minimum atomic E-state index is -4.02. The van der Waals surface area contributed by atoms with Crippen LogP contribution in [0.5, 0.6) is 17.2 Å². The molecule has 0 aliphatic carbocycles. The maximum absolute atomic E-state index is 13.4. The summed E-state index contributed by atoms with van der Waals surface area (Å²) in [4.78, 5) is 12.9. The van der Waals surface area contributed by atoms with Crippen molar-refractivity contribution in [2.24, 2.45) is 5.10 Å². The zero-order chi connectivity index (χ0) is 26.8. The molecule has 1 N–H and O–H groups in total. The summed E-state index contributed by atoms with van der Waals surface area (Å²) in [5.74, 6) is 1.30. The molecule has 0 radical (unpaired) electrons. The molecule has 0 unspecified atom stereocenters. The van der Waals surface area contributed by atoms with Gasteiger partial charge in [-0.2, -0.15) is 5.10 Å². The van der Waals surface area contributed by atoms with Crippen molar-refractivity contribution in [1.82, 2.24) is 5.43 Å². The largest absolute Gasteiger partial charge is 0.494 e. The van der Waals surface area contributed by atoms with Gasteiger partial charge in [0.15, 0.2) is 0 Å². The van der Waals surface area contributed by atoms with E-state index in [0.717, 1.165) is 4.31 Å². The highest BCUT2D eigenvalue weighted by Crippen LogP contribution is 2.26. The van der Waals surface area contributed by atoms with Crippen LogP contribution in [0.2, 0.25) is 0 Å². The van der Waals surface area contributed by atoms with Gasteiger partial charge >= 0.3 is 0 Å². The van der Waals surface area contributed by atoms with Gasteiger partial charge in [0.05, 0.1) is 23.4 Å². The second-order valence-corrected chi connectivity index (χ2v) is 9.89. The van der Waals surface area contributed by atoms with E-state index < -0.39 is 22.5 Å². The topological polar surface area (TPSA) is 97.3 Å². The van der Waals surface area contributed by atoms with Gasteiger partial charge in [0.1, 0.15) is 23.8 Å². The predicted molar refractivity (Wildman–Crippen MR) is 147 cm³/mol. The molecule has 9 heteroatoms. The molecule has 4 rings (SSSR count).